The molecule has 1 aliphatic carbocycles. The van der Waals surface area contributed by atoms with Crippen LogP contribution in [0.2, 0.25) is 0 Å². The third-order valence-electron chi connectivity index (χ3n) is 7.54. The van der Waals surface area contributed by atoms with Gasteiger partial charge in [0.25, 0.3) is 0 Å². The van der Waals surface area contributed by atoms with Crippen molar-refractivity contribution in [2.75, 3.05) is 39.8 Å². The molecule has 3 fully saturated rings. The molecule has 0 bridgehead atoms. The first-order valence-corrected chi connectivity index (χ1v) is 12.0. The highest BCUT2D eigenvalue weighted by molar-refractivity contribution is 6.00. The van der Waals surface area contributed by atoms with Crippen LogP contribution in [0, 0.1) is 0 Å². The second-order valence-corrected chi connectivity index (χ2v) is 9.71. The van der Waals surface area contributed by atoms with Gasteiger partial charge in [-0.25, -0.2) is 4.79 Å². The molecular formula is C24H33N5O4. The van der Waals surface area contributed by atoms with Crippen molar-refractivity contribution in [3.63, 3.8) is 0 Å². The average molecular weight is 456 g/mol. The largest absolute Gasteiger partial charge is 0.378 e. The van der Waals surface area contributed by atoms with E-state index in [9.17, 15) is 14.4 Å². The number of aryl methyl sites for hydroxylation is 1. The van der Waals surface area contributed by atoms with E-state index in [0.717, 1.165) is 62.0 Å². The smallest absolute Gasteiger partial charge is 0.329 e. The van der Waals surface area contributed by atoms with Crippen LogP contribution >= 0.6 is 0 Å². The number of hydrogen-bond donors (Lipinski definition) is 1. The van der Waals surface area contributed by atoms with Gasteiger partial charge in [0.05, 0.1) is 23.7 Å². The Morgan fingerprint density at radius 2 is 1.79 bits per heavy atom. The van der Waals surface area contributed by atoms with Gasteiger partial charge in [0.15, 0.2) is 0 Å². The highest BCUT2D eigenvalue weighted by Gasteiger charge is 2.35. The fraction of sp³-hybridized carbons (Fsp3) is 0.625. The molecule has 1 aromatic heterocycles. The second-order valence-electron chi connectivity index (χ2n) is 9.71. The predicted molar refractivity (Wildman–Crippen MR) is 124 cm³/mol. The Balaban J connectivity index is 1.19. The molecule has 1 unspecified atom stereocenters. The zero-order valence-electron chi connectivity index (χ0n) is 19.5. The number of benzene rings is 1. The molecular weight excluding hydrogens is 422 g/mol. The summed E-state index contributed by atoms with van der Waals surface area (Å²) in [7, 11) is 3.91. The number of carbonyl (C=O) groups is 2. The van der Waals surface area contributed by atoms with Gasteiger partial charge in [0, 0.05) is 45.7 Å². The monoisotopic (exact) mass is 455 g/mol. The number of piperidine rings is 1. The number of amides is 2. The van der Waals surface area contributed by atoms with Crippen LogP contribution in [-0.4, -0.2) is 82.7 Å². The van der Waals surface area contributed by atoms with Crippen LogP contribution in [0.3, 0.4) is 0 Å². The Hall–Kier alpha value is -2.49. The maximum Gasteiger partial charge on any atom is 0.329 e. The Morgan fingerprint density at radius 3 is 2.52 bits per heavy atom. The maximum absolute atomic E-state index is 12.9. The minimum Gasteiger partial charge on any atom is -0.378 e. The van der Waals surface area contributed by atoms with Crippen LogP contribution in [0.4, 0.5) is 0 Å². The van der Waals surface area contributed by atoms with E-state index in [2.05, 4.69) is 22.2 Å². The van der Waals surface area contributed by atoms with Crippen molar-refractivity contribution < 1.29 is 14.3 Å². The summed E-state index contributed by atoms with van der Waals surface area (Å²) in [6.45, 7) is 5.28. The first kappa shape index (κ1) is 22.3. The Kier molecular flexibility index (Phi) is 6.11. The van der Waals surface area contributed by atoms with Crippen molar-refractivity contribution >= 4 is 22.8 Å². The van der Waals surface area contributed by atoms with E-state index in [-0.39, 0.29) is 18.0 Å². The molecule has 1 aromatic carbocycles. The zero-order chi connectivity index (χ0) is 23.1. The van der Waals surface area contributed by atoms with Gasteiger partial charge in [-0.2, -0.15) is 0 Å². The van der Waals surface area contributed by atoms with Crippen molar-refractivity contribution in [3.05, 3.63) is 34.2 Å². The molecule has 2 aromatic rings. The first-order valence-electron chi connectivity index (χ1n) is 12.0. The third-order valence-corrected chi connectivity index (χ3v) is 7.54. The van der Waals surface area contributed by atoms with Crippen molar-refractivity contribution in [1.29, 1.82) is 0 Å². The number of hydrogen-bond acceptors (Lipinski definition) is 6. The summed E-state index contributed by atoms with van der Waals surface area (Å²) >= 11 is 0. The quantitative estimate of drug-likeness (QED) is 0.644. The lowest BCUT2D eigenvalue weighted by atomic mass is 9.87. The fourth-order valence-corrected chi connectivity index (χ4v) is 5.30. The van der Waals surface area contributed by atoms with E-state index in [1.54, 1.807) is 11.6 Å². The molecule has 33 heavy (non-hydrogen) atoms. The van der Waals surface area contributed by atoms with Gasteiger partial charge in [-0.15, -0.1) is 0 Å². The first-order chi connectivity index (χ1) is 15.9. The molecule has 2 aliphatic heterocycles. The van der Waals surface area contributed by atoms with Crippen molar-refractivity contribution in [2.24, 2.45) is 7.05 Å². The molecule has 178 valence electrons. The number of imide groups is 1. The summed E-state index contributed by atoms with van der Waals surface area (Å²) in [6, 6.07) is 5.93. The van der Waals surface area contributed by atoms with Crippen LogP contribution in [0.15, 0.2) is 23.0 Å². The summed E-state index contributed by atoms with van der Waals surface area (Å²) in [6.07, 6.45) is 3.94. The zero-order valence-corrected chi connectivity index (χ0v) is 19.5. The number of rotatable bonds is 6. The molecule has 9 heteroatoms. The minimum absolute atomic E-state index is 0.239. The number of aromatic nitrogens is 2. The molecule has 1 saturated carbocycles. The number of imidazole rings is 1. The lowest BCUT2D eigenvalue weighted by Crippen LogP contribution is -2.54. The number of likely N-dealkylation sites (N-methyl/N-ethyl adjacent to an activating group) is 1. The molecule has 0 radical (unpaired) electrons. The van der Waals surface area contributed by atoms with Crippen LogP contribution in [-0.2, 0) is 27.8 Å². The lowest BCUT2D eigenvalue weighted by molar-refractivity contribution is -0.135. The molecule has 5 rings (SSSR count). The third kappa shape index (κ3) is 4.37. The SMILES string of the molecule is CN1CCN(C2CC(OCCc3ccc4c(c3)n(C)c(=O)n4C3CCC(=O)NC3=O)C2)CC1. The molecule has 2 saturated heterocycles. The van der Waals surface area contributed by atoms with E-state index < -0.39 is 11.9 Å². The summed E-state index contributed by atoms with van der Waals surface area (Å²) in [5.41, 5.74) is 2.38. The van der Waals surface area contributed by atoms with Gasteiger partial charge >= 0.3 is 5.69 Å². The van der Waals surface area contributed by atoms with E-state index in [4.69, 9.17) is 4.74 Å². The fourth-order valence-electron chi connectivity index (χ4n) is 5.30. The number of fused-ring (bicyclic) bond motifs is 1. The van der Waals surface area contributed by atoms with E-state index in [0.29, 0.717) is 25.2 Å². The summed E-state index contributed by atoms with van der Waals surface area (Å²) in [4.78, 5) is 41.7. The second kappa shape index (κ2) is 9.04. The normalized spacial score (nSPS) is 27.0. The van der Waals surface area contributed by atoms with Crippen molar-refractivity contribution in [1.82, 2.24) is 24.3 Å². The number of nitrogens with zero attached hydrogens (tertiary/aromatic N) is 4. The average Bonchev–Trinajstić information content (AvgIpc) is 3.01. The van der Waals surface area contributed by atoms with E-state index in [1.807, 2.05) is 18.2 Å². The molecule has 1 atom stereocenters. The highest BCUT2D eigenvalue weighted by Crippen LogP contribution is 2.29. The standard InChI is InChI=1S/C24H33N5O4/c1-26-8-10-28(11-9-26)17-14-18(15-17)33-12-7-16-3-4-19-21(13-16)27(2)24(32)29(19)20-5-6-22(30)25-23(20)31/h3-4,13,17-18,20H,5-12,14-15H2,1-2H3,(H,25,30,31). The van der Waals surface area contributed by atoms with Gasteiger partial charge in [-0.05, 0) is 50.4 Å². The van der Waals surface area contributed by atoms with Crippen LogP contribution in [0.5, 0.6) is 0 Å². The number of piperazine rings is 1. The molecule has 1 N–H and O–H groups in total. The molecule has 0 spiro atoms. The molecule has 9 nitrogen and oxygen atoms in total. The van der Waals surface area contributed by atoms with Gasteiger partial charge in [0.1, 0.15) is 6.04 Å². The van der Waals surface area contributed by atoms with Gasteiger partial charge in [-0.1, -0.05) is 6.07 Å². The van der Waals surface area contributed by atoms with Gasteiger partial charge < -0.3 is 9.64 Å². The summed E-state index contributed by atoms with van der Waals surface area (Å²) in [5, 5.41) is 2.35. The van der Waals surface area contributed by atoms with Crippen molar-refractivity contribution in [3.8, 4) is 0 Å². The molecule has 3 aliphatic rings. The Morgan fingerprint density at radius 1 is 1.03 bits per heavy atom. The Labute approximate surface area is 193 Å². The van der Waals surface area contributed by atoms with Crippen molar-refractivity contribution in [2.45, 2.75) is 50.3 Å². The summed E-state index contributed by atoms with van der Waals surface area (Å²) < 4.78 is 9.22. The minimum atomic E-state index is -0.653. The van der Waals surface area contributed by atoms with Gasteiger partial charge in [0.2, 0.25) is 11.8 Å². The number of carbonyl (C=O) groups excluding carboxylic acids is 2. The number of nitrogens with one attached hydrogen (secondary N) is 1. The summed E-state index contributed by atoms with van der Waals surface area (Å²) in [5.74, 6) is -0.693. The molecule has 3 heterocycles. The van der Waals surface area contributed by atoms with Crippen LogP contribution < -0.4 is 11.0 Å². The van der Waals surface area contributed by atoms with E-state index >= 15 is 0 Å². The maximum atomic E-state index is 12.9. The highest BCUT2D eigenvalue weighted by atomic mass is 16.5. The van der Waals surface area contributed by atoms with E-state index in [1.165, 1.54) is 4.57 Å². The number of ether oxygens (including phenoxy) is 1. The lowest BCUT2D eigenvalue weighted by Gasteiger charge is -2.45. The Bertz CT molecular complexity index is 1110. The predicted octanol–water partition coefficient (Wildman–Crippen LogP) is 0.655. The van der Waals surface area contributed by atoms with Gasteiger partial charge in [-0.3, -0.25) is 28.9 Å². The van der Waals surface area contributed by atoms with Crippen LogP contribution in [0.1, 0.15) is 37.3 Å². The van der Waals surface area contributed by atoms with Crippen LogP contribution in [0.25, 0.3) is 11.0 Å². The molecule has 2 amide bonds. The topological polar surface area (TPSA) is 88.8 Å².